The first-order chi connectivity index (χ1) is 10.5. The van der Waals surface area contributed by atoms with Crippen molar-refractivity contribution in [1.29, 1.82) is 0 Å². The third-order valence-electron chi connectivity index (χ3n) is 2.60. The molecule has 0 aliphatic carbocycles. The van der Waals surface area contributed by atoms with Crippen LogP contribution in [0.25, 0.3) is 0 Å². The van der Waals surface area contributed by atoms with Crippen molar-refractivity contribution in [3.05, 3.63) is 51.9 Å². The number of carbonyl (C=O) groups is 2. The van der Waals surface area contributed by atoms with Crippen LogP contribution in [-0.2, 0) is 0 Å². The van der Waals surface area contributed by atoms with Crippen LogP contribution >= 0.6 is 22.9 Å². The van der Waals surface area contributed by atoms with Gasteiger partial charge in [0.05, 0.1) is 5.56 Å². The topological polar surface area (TPSA) is 70.6 Å². The third-order valence-corrected chi connectivity index (χ3v) is 3.67. The molecular formula is C15H14ClN3O2S. The SMILES string of the molecule is CC(C)=NNC(=O)c1ccsc1NC(=O)c1cccc(Cl)c1. The van der Waals surface area contributed by atoms with E-state index in [1.165, 1.54) is 11.3 Å². The van der Waals surface area contributed by atoms with Gasteiger partial charge in [0.15, 0.2) is 0 Å². The first-order valence-electron chi connectivity index (χ1n) is 6.43. The molecule has 22 heavy (non-hydrogen) atoms. The predicted molar refractivity (Wildman–Crippen MR) is 90.0 cm³/mol. The van der Waals surface area contributed by atoms with Gasteiger partial charge in [-0.3, -0.25) is 9.59 Å². The maximum atomic E-state index is 12.2. The van der Waals surface area contributed by atoms with Crippen LogP contribution in [0.1, 0.15) is 34.6 Å². The van der Waals surface area contributed by atoms with Gasteiger partial charge in [0.2, 0.25) is 0 Å². The number of hydrogen-bond donors (Lipinski definition) is 2. The second-order valence-corrected chi connectivity index (χ2v) is 5.98. The van der Waals surface area contributed by atoms with Crippen molar-refractivity contribution in [3.8, 4) is 0 Å². The Morgan fingerprint density at radius 1 is 1.18 bits per heavy atom. The van der Waals surface area contributed by atoms with E-state index in [0.717, 1.165) is 5.71 Å². The highest BCUT2D eigenvalue weighted by molar-refractivity contribution is 7.14. The van der Waals surface area contributed by atoms with Crippen LogP contribution < -0.4 is 10.7 Å². The van der Waals surface area contributed by atoms with Crippen LogP contribution in [0.5, 0.6) is 0 Å². The zero-order valence-electron chi connectivity index (χ0n) is 12.0. The molecule has 0 radical (unpaired) electrons. The van der Waals surface area contributed by atoms with Crippen LogP contribution in [0.4, 0.5) is 5.00 Å². The first-order valence-corrected chi connectivity index (χ1v) is 7.69. The molecule has 0 aliphatic heterocycles. The van der Waals surface area contributed by atoms with Gasteiger partial charge in [0.1, 0.15) is 5.00 Å². The van der Waals surface area contributed by atoms with Gasteiger partial charge in [-0.15, -0.1) is 11.3 Å². The van der Waals surface area contributed by atoms with Gasteiger partial charge >= 0.3 is 0 Å². The summed E-state index contributed by atoms with van der Waals surface area (Å²) < 4.78 is 0. The Labute approximate surface area is 137 Å². The largest absolute Gasteiger partial charge is 0.313 e. The Hall–Kier alpha value is -2.18. The van der Waals surface area contributed by atoms with E-state index in [1.54, 1.807) is 49.6 Å². The zero-order chi connectivity index (χ0) is 16.1. The fourth-order valence-electron chi connectivity index (χ4n) is 1.61. The number of anilines is 1. The van der Waals surface area contributed by atoms with E-state index in [-0.39, 0.29) is 11.8 Å². The first kappa shape index (κ1) is 16.2. The molecule has 1 heterocycles. The zero-order valence-corrected chi connectivity index (χ0v) is 13.6. The van der Waals surface area contributed by atoms with Crippen LogP contribution in [0, 0.1) is 0 Å². The molecule has 0 fully saturated rings. The van der Waals surface area contributed by atoms with Gasteiger partial charge < -0.3 is 5.32 Å². The lowest BCUT2D eigenvalue weighted by Crippen LogP contribution is -2.20. The summed E-state index contributed by atoms with van der Waals surface area (Å²) >= 11 is 7.13. The molecule has 0 atom stereocenters. The molecule has 0 spiro atoms. The summed E-state index contributed by atoms with van der Waals surface area (Å²) in [6.07, 6.45) is 0. The predicted octanol–water partition coefficient (Wildman–Crippen LogP) is 3.78. The van der Waals surface area contributed by atoms with E-state index in [0.29, 0.717) is 21.2 Å². The van der Waals surface area contributed by atoms with E-state index in [9.17, 15) is 9.59 Å². The molecule has 7 heteroatoms. The Balaban J connectivity index is 2.14. The van der Waals surface area contributed by atoms with Crippen molar-refractivity contribution < 1.29 is 9.59 Å². The van der Waals surface area contributed by atoms with Crippen LogP contribution in [0.2, 0.25) is 5.02 Å². The Kier molecular flexibility index (Phi) is 5.30. The normalized spacial score (nSPS) is 9.95. The second kappa shape index (κ2) is 7.20. The molecule has 0 aliphatic rings. The van der Waals surface area contributed by atoms with Gasteiger partial charge in [0, 0.05) is 16.3 Å². The second-order valence-electron chi connectivity index (χ2n) is 4.63. The number of halogens is 1. The smallest absolute Gasteiger partial charge is 0.274 e. The van der Waals surface area contributed by atoms with Gasteiger partial charge in [-0.25, -0.2) is 5.43 Å². The number of carbonyl (C=O) groups excluding carboxylic acids is 2. The van der Waals surface area contributed by atoms with E-state index < -0.39 is 0 Å². The summed E-state index contributed by atoms with van der Waals surface area (Å²) in [5, 5.41) is 9.24. The van der Waals surface area contributed by atoms with Crippen molar-refractivity contribution in [2.24, 2.45) is 5.10 Å². The summed E-state index contributed by atoms with van der Waals surface area (Å²) in [4.78, 5) is 24.2. The molecule has 2 N–H and O–H groups in total. The summed E-state index contributed by atoms with van der Waals surface area (Å²) in [6.45, 7) is 3.55. The Bertz CT molecular complexity index is 736. The van der Waals surface area contributed by atoms with Gasteiger partial charge in [0.25, 0.3) is 11.8 Å². The van der Waals surface area contributed by atoms with Gasteiger partial charge in [-0.2, -0.15) is 5.10 Å². The summed E-state index contributed by atoms with van der Waals surface area (Å²) in [6, 6.07) is 8.23. The summed E-state index contributed by atoms with van der Waals surface area (Å²) in [5.74, 6) is -0.696. The van der Waals surface area contributed by atoms with Crippen molar-refractivity contribution in [2.75, 3.05) is 5.32 Å². The molecule has 114 valence electrons. The minimum Gasteiger partial charge on any atom is -0.313 e. The number of amides is 2. The third kappa shape index (κ3) is 4.16. The highest BCUT2D eigenvalue weighted by Crippen LogP contribution is 2.24. The molecule has 2 aromatic rings. The minimum atomic E-state index is -0.371. The standard InChI is InChI=1S/C15H14ClN3O2S/c1-9(2)18-19-14(21)12-6-7-22-15(12)17-13(20)10-4-3-5-11(16)8-10/h3-8H,1-2H3,(H,17,20)(H,19,21). The molecule has 0 saturated carbocycles. The molecule has 5 nitrogen and oxygen atoms in total. The van der Waals surface area contributed by atoms with Gasteiger partial charge in [-0.1, -0.05) is 17.7 Å². The van der Waals surface area contributed by atoms with Crippen LogP contribution in [0.15, 0.2) is 40.8 Å². The maximum absolute atomic E-state index is 12.2. The Morgan fingerprint density at radius 3 is 2.64 bits per heavy atom. The number of nitrogens with one attached hydrogen (secondary N) is 2. The lowest BCUT2D eigenvalue weighted by molar-refractivity contribution is 0.0956. The van der Waals surface area contributed by atoms with Crippen LogP contribution in [-0.4, -0.2) is 17.5 Å². The van der Waals surface area contributed by atoms with Gasteiger partial charge in [-0.05, 0) is 43.5 Å². The molecule has 0 unspecified atom stereocenters. The molecule has 2 rings (SSSR count). The summed E-state index contributed by atoms with van der Waals surface area (Å²) in [5.41, 5.74) is 3.95. The molecular weight excluding hydrogens is 322 g/mol. The number of thiophene rings is 1. The number of nitrogens with zero attached hydrogens (tertiary/aromatic N) is 1. The van der Waals surface area contributed by atoms with E-state index in [1.807, 2.05) is 0 Å². The highest BCUT2D eigenvalue weighted by Gasteiger charge is 2.15. The Morgan fingerprint density at radius 2 is 1.95 bits per heavy atom. The molecule has 0 saturated heterocycles. The van der Waals surface area contributed by atoms with E-state index in [4.69, 9.17) is 11.6 Å². The number of benzene rings is 1. The number of rotatable bonds is 4. The molecule has 0 bridgehead atoms. The van der Waals surface area contributed by atoms with Crippen molar-refractivity contribution >= 4 is 45.5 Å². The average Bonchev–Trinajstić information content (AvgIpc) is 2.93. The van der Waals surface area contributed by atoms with E-state index >= 15 is 0 Å². The summed E-state index contributed by atoms with van der Waals surface area (Å²) in [7, 11) is 0. The van der Waals surface area contributed by atoms with Crippen LogP contribution in [0.3, 0.4) is 0 Å². The lowest BCUT2D eigenvalue weighted by atomic mass is 10.2. The maximum Gasteiger partial charge on any atom is 0.274 e. The fraction of sp³-hybridized carbons (Fsp3) is 0.133. The minimum absolute atomic E-state index is 0.325. The molecule has 2 amide bonds. The van der Waals surface area contributed by atoms with Crippen molar-refractivity contribution in [2.45, 2.75) is 13.8 Å². The molecule has 1 aromatic carbocycles. The monoisotopic (exact) mass is 335 g/mol. The average molecular weight is 336 g/mol. The van der Waals surface area contributed by atoms with Crippen molar-refractivity contribution in [1.82, 2.24) is 5.43 Å². The highest BCUT2D eigenvalue weighted by atomic mass is 35.5. The fourth-order valence-corrected chi connectivity index (χ4v) is 2.58. The van der Waals surface area contributed by atoms with E-state index in [2.05, 4.69) is 15.8 Å². The quantitative estimate of drug-likeness (QED) is 0.659. The van der Waals surface area contributed by atoms with Crippen molar-refractivity contribution in [3.63, 3.8) is 0 Å². The number of hydrogen-bond acceptors (Lipinski definition) is 4. The lowest BCUT2D eigenvalue weighted by Gasteiger charge is -2.06. The number of hydrazone groups is 1. The molecule has 1 aromatic heterocycles.